The van der Waals surface area contributed by atoms with Crippen LogP contribution in [0.4, 0.5) is 5.95 Å². The lowest BCUT2D eigenvalue weighted by Crippen LogP contribution is -2.31. The van der Waals surface area contributed by atoms with Crippen molar-refractivity contribution < 1.29 is 22.6 Å². The monoisotopic (exact) mass is 539 g/mol. The molecule has 0 radical (unpaired) electrons. The fraction of sp³-hybridized carbons (Fsp3) is 0.320. The van der Waals surface area contributed by atoms with Gasteiger partial charge in [-0.3, -0.25) is 9.29 Å². The third kappa shape index (κ3) is 5.23. The summed E-state index contributed by atoms with van der Waals surface area (Å²) in [5.74, 6) is 1.37. The van der Waals surface area contributed by atoms with Gasteiger partial charge < -0.3 is 14.2 Å². The summed E-state index contributed by atoms with van der Waals surface area (Å²) in [7, 11) is 0.520. The van der Waals surface area contributed by atoms with E-state index in [1.165, 1.54) is 25.9 Å². The molecule has 0 aliphatic carbocycles. The molecule has 2 unspecified atom stereocenters. The van der Waals surface area contributed by atoms with Gasteiger partial charge in [0.1, 0.15) is 23.0 Å². The highest BCUT2D eigenvalue weighted by molar-refractivity contribution is 7.93. The van der Waals surface area contributed by atoms with Crippen LogP contribution in [0.15, 0.2) is 48.9 Å². The molecule has 1 aromatic carbocycles. The average Bonchev–Trinajstić information content (AvgIpc) is 3.34. The number of nitrogens with one attached hydrogen (secondary N) is 1. The van der Waals surface area contributed by atoms with E-state index >= 15 is 0 Å². The normalized spacial score (nSPS) is 13.0. The summed E-state index contributed by atoms with van der Waals surface area (Å²) >= 11 is 0. The number of aryl methyl sites for hydroxylation is 1. The van der Waals surface area contributed by atoms with E-state index in [0.29, 0.717) is 40.3 Å². The SMILES string of the molecule is COc1cc(-c2nnc(NS(=O)(=O)C(C)C(C)c3ncc(C)cn3)n2-c2c(OC)cccc2OC)ccn1. The molecule has 0 fully saturated rings. The maximum Gasteiger partial charge on any atom is 0.243 e. The van der Waals surface area contributed by atoms with Gasteiger partial charge in [-0.25, -0.2) is 23.4 Å². The number of pyridine rings is 1. The van der Waals surface area contributed by atoms with Crippen LogP contribution in [0, 0.1) is 6.92 Å². The van der Waals surface area contributed by atoms with Gasteiger partial charge in [-0.15, -0.1) is 10.2 Å². The topological polar surface area (TPSA) is 143 Å². The molecule has 0 saturated heterocycles. The highest BCUT2D eigenvalue weighted by Crippen LogP contribution is 2.38. The third-order valence-electron chi connectivity index (χ3n) is 6.13. The fourth-order valence-corrected chi connectivity index (χ4v) is 5.03. The minimum absolute atomic E-state index is 0.0533. The molecule has 13 heteroatoms. The molecule has 3 heterocycles. The first-order valence-corrected chi connectivity index (χ1v) is 13.2. The Kier molecular flexibility index (Phi) is 7.76. The van der Waals surface area contributed by atoms with Gasteiger partial charge in [0.15, 0.2) is 5.82 Å². The summed E-state index contributed by atoms with van der Waals surface area (Å²) < 4.78 is 47.8. The van der Waals surface area contributed by atoms with Crippen LogP contribution in [0.3, 0.4) is 0 Å². The first kappa shape index (κ1) is 26.8. The Labute approximate surface area is 221 Å². The van der Waals surface area contributed by atoms with Gasteiger partial charge in [0.05, 0.1) is 26.6 Å². The molecule has 2 atom stereocenters. The quantitative estimate of drug-likeness (QED) is 0.318. The van der Waals surface area contributed by atoms with Crippen LogP contribution in [0.5, 0.6) is 17.4 Å². The van der Waals surface area contributed by atoms with Crippen LogP contribution in [-0.4, -0.2) is 64.7 Å². The van der Waals surface area contributed by atoms with E-state index in [9.17, 15) is 8.42 Å². The molecule has 0 bridgehead atoms. The number of ether oxygens (including phenoxy) is 3. The first-order chi connectivity index (χ1) is 18.2. The number of nitrogens with zero attached hydrogens (tertiary/aromatic N) is 6. The Hall–Kier alpha value is -4.26. The van der Waals surface area contributed by atoms with Crippen molar-refractivity contribution in [3.63, 3.8) is 0 Å². The summed E-state index contributed by atoms with van der Waals surface area (Å²) in [6, 6.07) is 8.59. The predicted molar refractivity (Wildman–Crippen MR) is 141 cm³/mol. The molecule has 4 rings (SSSR count). The van der Waals surface area contributed by atoms with Gasteiger partial charge >= 0.3 is 0 Å². The second kappa shape index (κ2) is 11.0. The lowest BCUT2D eigenvalue weighted by Gasteiger charge is -2.21. The summed E-state index contributed by atoms with van der Waals surface area (Å²) in [6.45, 7) is 5.22. The van der Waals surface area contributed by atoms with Crippen molar-refractivity contribution in [2.45, 2.75) is 31.9 Å². The molecule has 38 heavy (non-hydrogen) atoms. The molecule has 0 aliphatic heterocycles. The van der Waals surface area contributed by atoms with E-state index in [1.807, 2.05) is 6.92 Å². The van der Waals surface area contributed by atoms with Gasteiger partial charge in [-0.05, 0) is 37.6 Å². The number of sulfonamides is 1. The molecule has 4 aromatic rings. The lowest BCUT2D eigenvalue weighted by atomic mass is 10.1. The van der Waals surface area contributed by atoms with Crippen LogP contribution >= 0.6 is 0 Å². The highest BCUT2D eigenvalue weighted by Gasteiger charge is 2.32. The molecule has 3 aromatic heterocycles. The van der Waals surface area contributed by atoms with Gasteiger partial charge in [0, 0.05) is 36.1 Å². The Balaban J connectivity index is 1.84. The second-order valence-corrected chi connectivity index (χ2v) is 10.6. The smallest absolute Gasteiger partial charge is 0.243 e. The Bertz CT molecular complexity index is 1500. The van der Waals surface area contributed by atoms with Crippen molar-refractivity contribution in [2.75, 3.05) is 26.1 Å². The number of rotatable bonds is 10. The zero-order valence-electron chi connectivity index (χ0n) is 21.9. The summed E-state index contributed by atoms with van der Waals surface area (Å²) in [6.07, 6.45) is 4.87. The van der Waals surface area contributed by atoms with Crippen molar-refractivity contribution in [1.82, 2.24) is 29.7 Å². The van der Waals surface area contributed by atoms with E-state index in [2.05, 4.69) is 29.9 Å². The number of anilines is 1. The van der Waals surface area contributed by atoms with Crippen molar-refractivity contribution in [2.24, 2.45) is 0 Å². The van der Waals surface area contributed by atoms with E-state index in [1.54, 1.807) is 62.8 Å². The molecular formula is C25H29N7O5S. The molecule has 0 saturated carbocycles. The van der Waals surface area contributed by atoms with Crippen LogP contribution in [0.25, 0.3) is 17.1 Å². The van der Waals surface area contributed by atoms with Crippen LogP contribution < -0.4 is 18.9 Å². The Morgan fingerprint density at radius 1 is 0.921 bits per heavy atom. The highest BCUT2D eigenvalue weighted by atomic mass is 32.2. The van der Waals surface area contributed by atoms with Gasteiger partial charge in [-0.2, -0.15) is 0 Å². The zero-order valence-corrected chi connectivity index (χ0v) is 22.7. The molecule has 1 N–H and O–H groups in total. The largest absolute Gasteiger partial charge is 0.494 e. The van der Waals surface area contributed by atoms with E-state index in [-0.39, 0.29) is 5.95 Å². The fourth-order valence-electron chi connectivity index (χ4n) is 3.80. The van der Waals surface area contributed by atoms with Gasteiger partial charge in [-0.1, -0.05) is 13.0 Å². The number of methoxy groups -OCH3 is 3. The molecule has 12 nitrogen and oxygen atoms in total. The summed E-state index contributed by atoms with van der Waals surface area (Å²) in [4.78, 5) is 12.7. The minimum Gasteiger partial charge on any atom is -0.494 e. The van der Waals surface area contributed by atoms with E-state index in [0.717, 1.165) is 5.56 Å². The van der Waals surface area contributed by atoms with Crippen LogP contribution in [0.2, 0.25) is 0 Å². The zero-order chi connectivity index (χ0) is 27.4. The predicted octanol–water partition coefficient (Wildman–Crippen LogP) is 3.39. The Morgan fingerprint density at radius 2 is 1.58 bits per heavy atom. The molecule has 0 spiro atoms. The van der Waals surface area contributed by atoms with Crippen molar-refractivity contribution in [1.29, 1.82) is 0 Å². The number of para-hydroxylation sites is 1. The standard InChI is InChI=1S/C25H29N7O5S/c1-15-13-27-23(28-14-15)16(2)17(3)38(33,34)31-25-30-29-24(18-10-11-26-21(12-18)37-6)32(25)22-19(35-4)8-7-9-20(22)36-5/h7-14,16-17H,1-6H3,(H,30,31). The number of benzene rings is 1. The van der Waals surface area contributed by atoms with Crippen LogP contribution in [0.1, 0.15) is 31.2 Å². The van der Waals surface area contributed by atoms with E-state index < -0.39 is 21.2 Å². The minimum atomic E-state index is -3.99. The van der Waals surface area contributed by atoms with Crippen molar-refractivity contribution in [3.8, 4) is 34.5 Å². The van der Waals surface area contributed by atoms with Crippen molar-refractivity contribution >= 4 is 16.0 Å². The lowest BCUT2D eigenvalue weighted by molar-refractivity contribution is 0.391. The number of hydrogen-bond donors (Lipinski definition) is 1. The average molecular weight is 540 g/mol. The van der Waals surface area contributed by atoms with Crippen molar-refractivity contribution in [3.05, 3.63) is 60.3 Å². The maximum absolute atomic E-state index is 13.6. The first-order valence-electron chi connectivity index (χ1n) is 11.7. The third-order valence-corrected chi connectivity index (χ3v) is 7.98. The maximum atomic E-state index is 13.6. The second-order valence-electron chi connectivity index (χ2n) is 8.54. The summed E-state index contributed by atoms with van der Waals surface area (Å²) in [5.41, 5.74) is 1.87. The molecule has 200 valence electrons. The molecule has 0 aliphatic rings. The van der Waals surface area contributed by atoms with Gasteiger partial charge in [0.25, 0.3) is 0 Å². The van der Waals surface area contributed by atoms with E-state index in [4.69, 9.17) is 14.2 Å². The number of aromatic nitrogens is 6. The number of hydrogen-bond acceptors (Lipinski definition) is 10. The Morgan fingerprint density at radius 3 is 2.18 bits per heavy atom. The molecular weight excluding hydrogens is 510 g/mol. The summed E-state index contributed by atoms with van der Waals surface area (Å²) in [5, 5.41) is 7.61. The van der Waals surface area contributed by atoms with Gasteiger partial charge in [0.2, 0.25) is 21.9 Å². The molecule has 0 amide bonds. The van der Waals surface area contributed by atoms with Crippen LogP contribution in [-0.2, 0) is 10.0 Å².